The number of nitrogens with zero attached hydrogens (tertiary/aromatic N) is 4. The summed E-state index contributed by atoms with van der Waals surface area (Å²) < 4.78 is 0. The van der Waals surface area contributed by atoms with Gasteiger partial charge in [0.1, 0.15) is 6.04 Å². The molecule has 0 radical (unpaired) electrons. The van der Waals surface area contributed by atoms with E-state index in [1.807, 2.05) is 22.8 Å². The number of carbonyl (C=O) groups excluding carboxylic acids is 3. The number of amides is 3. The van der Waals surface area contributed by atoms with Crippen LogP contribution in [0, 0.1) is 11.3 Å². The Hall–Kier alpha value is -2.96. The SMILES string of the molecule is C[C@H](c1cccc(C(N)=O)c1)N1C(=O)[C@H]2CC1CN2C[C@H](N)C(=O)N1CCC[C@H]1C#N. The van der Waals surface area contributed by atoms with Gasteiger partial charge in [-0.05, 0) is 43.9 Å². The number of likely N-dealkylation sites (tertiary alicyclic amines) is 3. The highest BCUT2D eigenvalue weighted by Crippen LogP contribution is 2.38. The molecule has 164 valence electrons. The summed E-state index contributed by atoms with van der Waals surface area (Å²) in [7, 11) is 0. The molecule has 3 heterocycles. The summed E-state index contributed by atoms with van der Waals surface area (Å²) in [6.45, 7) is 3.47. The number of rotatable bonds is 6. The summed E-state index contributed by atoms with van der Waals surface area (Å²) in [6, 6.07) is 7.64. The van der Waals surface area contributed by atoms with E-state index >= 15 is 0 Å². The highest BCUT2D eigenvalue weighted by atomic mass is 16.2. The van der Waals surface area contributed by atoms with Crippen LogP contribution in [-0.2, 0) is 9.59 Å². The minimum atomic E-state index is -0.751. The third-order valence-electron chi connectivity index (χ3n) is 6.82. The van der Waals surface area contributed by atoms with E-state index in [0.29, 0.717) is 38.0 Å². The van der Waals surface area contributed by atoms with E-state index in [2.05, 4.69) is 6.07 Å². The van der Waals surface area contributed by atoms with Crippen molar-refractivity contribution < 1.29 is 14.4 Å². The van der Waals surface area contributed by atoms with E-state index < -0.39 is 18.0 Å². The van der Waals surface area contributed by atoms with Gasteiger partial charge in [-0.2, -0.15) is 5.26 Å². The average Bonchev–Trinajstić information content (AvgIpc) is 3.47. The molecule has 3 aliphatic rings. The zero-order valence-corrected chi connectivity index (χ0v) is 17.6. The van der Waals surface area contributed by atoms with Gasteiger partial charge in [-0.15, -0.1) is 0 Å². The summed E-state index contributed by atoms with van der Waals surface area (Å²) in [5.74, 6) is -0.693. The Morgan fingerprint density at radius 3 is 2.81 bits per heavy atom. The molecule has 3 aliphatic heterocycles. The second kappa shape index (κ2) is 8.29. The molecule has 0 aromatic heterocycles. The number of piperazine rings is 1. The fourth-order valence-electron chi connectivity index (χ4n) is 5.22. The summed E-state index contributed by atoms with van der Waals surface area (Å²) in [6.07, 6.45) is 2.20. The molecule has 0 spiro atoms. The van der Waals surface area contributed by atoms with Gasteiger partial charge >= 0.3 is 0 Å². The van der Waals surface area contributed by atoms with Crippen molar-refractivity contribution in [3.05, 3.63) is 35.4 Å². The van der Waals surface area contributed by atoms with Gasteiger partial charge in [-0.25, -0.2) is 0 Å². The van der Waals surface area contributed by atoms with Gasteiger partial charge in [-0.1, -0.05) is 12.1 Å². The lowest BCUT2D eigenvalue weighted by Crippen LogP contribution is -2.56. The predicted octanol–water partition coefficient (Wildman–Crippen LogP) is -0.0265. The highest BCUT2D eigenvalue weighted by molar-refractivity contribution is 5.93. The number of hydrogen-bond donors (Lipinski definition) is 2. The second-order valence-electron chi connectivity index (χ2n) is 8.70. The molecule has 4 rings (SSSR count). The molecule has 2 bridgehead atoms. The van der Waals surface area contributed by atoms with E-state index in [1.165, 1.54) is 0 Å². The van der Waals surface area contributed by atoms with Gasteiger partial charge in [0.2, 0.25) is 17.7 Å². The van der Waals surface area contributed by atoms with Crippen LogP contribution < -0.4 is 11.5 Å². The maximum atomic E-state index is 13.1. The summed E-state index contributed by atoms with van der Waals surface area (Å²) in [5.41, 5.74) is 12.9. The first-order chi connectivity index (χ1) is 14.8. The molecule has 4 N–H and O–H groups in total. The lowest BCUT2D eigenvalue weighted by atomic mass is 10.0. The van der Waals surface area contributed by atoms with E-state index in [1.54, 1.807) is 23.1 Å². The Kier molecular flexibility index (Phi) is 5.69. The quantitative estimate of drug-likeness (QED) is 0.658. The largest absolute Gasteiger partial charge is 0.366 e. The Morgan fingerprint density at radius 1 is 1.35 bits per heavy atom. The zero-order chi connectivity index (χ0) is 22.3. The number of fused-ring (bicyclic) bond motifs is 2. The van der Waals surface area contributed by atoms with Gasteiger partial charge in [0.15, 0.2) is 0 Å². The minimum Gasteiger partial charge on any atom is -0.366 e. The van der Waals surface area contributed by atoms with Gasteiger partial charge in [0, 0.05) is 31.2 Å². The Morgan fingerprint density at radius 2 is 2.13 bits per heavy atom. The molecule has 0 aliphatic carbocycles. The van der Waals surface area contributed by atoms with Crippen LogP contribution >= 0.6 is 0 Å². The molecular formula is C22H28N6O3. The fourth-order valence-corrected chi connectivity index (χ4v) is 5.22. The lowest BCUT2D eigenvalue weighted by Gasteiger charge is -2.38. The van der Waals surface area contributed by atoms with Crippen molar-refractivity contribution in [2.75, 3.05) is 19.6 Å². The molecule has 31 heavy (non-hydrogen) atoms. The van der Waals surface area contributed by atoms with Crippen LogP contribution in [-0.4, -0.2) is 76.2 Å². The number of benzene rings is 1. The Labute approximate surface area is 181 Å². The average molecular weight is 425 g/mol. The molecule has 1 aromatic rings. The lowest BCUT2D eigenvalue weighted by molar-refractivity contribution is -0.140. The summed E-state index contributed by atoms with van der Waals surface area (Å²) >= 11 is 0. The topological polar surface area (TPSA) is 137 Å². The molecular weight excluding hydrogens is 396 g/mol. The smallest absolute Gasteiger partial charge is 0.248 e. The van der Waals surface area contributed by atoms with Crippen LogP contribution in [0.4, 0.5) is 0 Å². The number of primary amides is 1. The number of nitriles is 1. The van der Waals surface area contributed by atoms with Crippen LogP contribution in [0.1, 0.15) is 48.1 Å². The predicted molar refractivity (Wildman–Crippen MR) is 112 cm³/mol. The Balaban J connectivity index is 1.41. The van der Waals surface area contributed by atoms with E-state index in [-0.39, 0.29) is 29.9 Å². The van der Waals surface area contributed by atoms with Crippen molar-refractivity contribution in [3.63, 3.8) is 0 Å². The summed E-state index contributed by atoms with van der Waals surface area (Å²) in [4.78, 5) is 42.8. The maximum Gasteiger partial charge on any atom is 0.248 e. The Bertz CT molecular complexity index is 943. The first-order valence-corrected chi connectivity index (χ1v) is 10.7. The van der Waals surface area contributed by atoms with Crippen LogP contribution in [0.5, 0.6) is 0 Å². The molecule has 3 amide bonds. The van der Waals surface area contributed by atoms with Gasteiger partial charge < -0.3 is 21.3 Å². The molecule has 9 nitrogen and oxygen atoms in total. The van der Waals surface area contributed by atoms with Crippen molar-refractivity contribution >= 4 is 17.7 Å². The molecule has 1 unspecified atom stereocenters. The van der Waals surface area contributed by atoms with Gasteiger partial charge in [0.25, 0.3) is 0 Å². The van der Waals surface area contributed by atoms with Gasteiger partial charge in [0.05, 0.1) is 24.2 Å². The van der Waals surface area contributed by atoms with E-state index in [9.17, 15) is 19.6 Å². The van der Waals surface area contributed by atoms with E-state index in [4.69, 9.17) is 11.5 Å². The third kappa shape index (κ3) is 3.77. The number of carbonyl (C=O) groups is 3. The number of hydrogen-bond acceptors (Lipinski definition) is 6. The standard InChI is InChI=1S/C22H28N6O3/c1-13(14-4-2-5-15(8-14)20(25)29)28-17-9-19(22(28)31)26(11-17)12-18(24)21(30)27-7-3-6-16(27)10-23/h2,4-5,8,13,16-19H,3,6-7,9,11-12,24H2,1H3,(H2,25,29)/t13-,16+,17?,18+,19-/m1/s1. The normalized spacial score (nSPS) is 27.4. The van der Waals surface area contributed by atoms with Crippen LogP contribution in [0.2, 0.25) is 0 Å². The monoisotopic (exact) mass is 424 g/mol. The van der Waals surface area contributed by atoms with Crippen LogP contribution in [0.3, 0.4) is 0 Å². The molecule has 3 fully saturated rings. The molecule has 5 atom stereocenters. The van der Waals surface area contributed by atoms with Crippen molar-refractivity contribution in [1.82, 2.24) is 14.7 Å². The number of nitrogens with two attached hydrogens (primary N) is 2. The van der Waals surface area contributed by atoms with Crippen LogP contribution in [0.25, 0.3) is 0 Å². The maximum absolute atomic E-state index is 13.1. The molecule has 3 saturated heterocycles. The molecule has 1 aromatic carbocycles. The van der Waals surface area contributed by atoms with Crippen molar-refractivity contribution in [2.45, 2.75) is 56.4 Å². The highest BCUT2D eigenvalue weighted by Gasteiger charge is 2.51. The first-order valence-electron chi connectivity index (χ1n) is 10.7. The van der Waals surface area contributed by atoms with Crippen molar-refractivity contribution in [3.8, 4) is 6.07 Å². The minimum absolute atomic E-state index is 0.0175. The fraction of sp³-hybridized carbons (Fsp3) is 0.545. The van der Waals surface area contributed by atoms with Crippen molar-refractivity contribution in [2.24, 2.45) is 11.5 Å². The zero-order valence-electron chi connectivity index (χ0n) is 17.6. The van der Waals surface area contributed by atoms with Gasteiger partial charge in [-0.3, -0.25) is 19.3 Å². The third-order valence-corrected chi connectivity index (χ3v) is 6.82. The van der Waals surface area contributed by atoms with E-state index in [0.717, 1.165) is 12.0 Å². The molecule has 0 saturated carbocycles. The first kappa shape index (κ1) is 21.3. The summed E-state index contributed by atoms with van der Waals surface area (Å²) in [5, 5.41) is 9.22. The molecule has 9 heteroatoms. The second-order valence-corrected chi connectivity index (χ2v) is 8.70. The van der Waals surface area contributed by atoms with Crippen molar-refractivity contribution in [1.29, 1.82) is 5.26 Å². The van der Waals surface area contributed by atoms with Crippen LogP contribution in [0.15, 0.2) is 24.3 Å².